The largest absolute Gasteiger partial charge is 0.381 e. The van der Waals surface area contributed by atoms with Gasteiger partial charge in [-0.25, -0.2) is 0 Å². The predicted octanol–water partition coefficient (Wildman–Crippen LogP) is 4.11. The fraction of sp³-hybridized carbons (Fsp3) is 1.00. The third kappa shape index (κ3) is 16.1. The molecule has 0 aliphatic carbocycles. The van der Waals surface area contributed by atoms with Gasteiger partial charge in [-0.3, -0.25) is 0 Å². The third-order valence-electron chi connectivity index (χ3n) is 3.99. The average Bonchev–Trinajstić information content (AvgIpc) is 2.50. The molecule has 0 aliphatic heterocycles. The molecule has 0 bridgehead atoms. The highest BCUT2D eigenvalue weighted by atomic mass is 16.5. The minimum absolute atomic E-state index is 0.778. The van der Waals surface area contributed by atoms with Crippen LogP contribution in [0.3, 0.4) is 0 Å². The molecule has 0 aromatic heterocycles. The van der Waals surface area contributed by atoms with Gasteiger partial charge in [0.2, 0.25) is 0 Å². The molecule has 1 atom stereocenters. The highest BCUT2D eigenvalue weighted by molar-refractivity contribution is 4.60. The zero-order valence-electron chi connectivity index (χ0n) is 14.7. The molecular formula is C18H40N2O. The van der Waals surface area contributed by atoms with Crippen molar-refractivity contribution in [1.82, 2.24) is 5.32 Å². The van der Waals surface area contributed by atoms with Gasteiger partial charge in [-0.1, -0.05) is 52.4 Å². The van der Waals surface area contributed by atoms with Gasteiger partial charge in [0.15, 0.2) is 0 Å². The van der Waals surface area contributed by atoms with Crippen LogP contribution in [0, 0.1) is 5.92 Å². The molecule has 21 heavy (non-hydrogen) atoms. The Kier molecular flexibility index (Phi) is 17.8. The van der Waals surface area contributed by atoms with E-state index in [-0.39, 0.29) is 0 Å². The molecule has 0 fully saturated rings. The van der Waals surface area contributed by atoms with Gasteiger partial charge >= 0.3 is 0 Å². The number of unbranched alkanes of at least 4 members (excludes halogenated alkanes) is 4. The SMILES string of the molecule is CCCCCCC(CCCC)COCCCNCCCN. The minimum Gasteiger partial charge on any atom is -0.381 e. The average molecular weight is 301 g/mol. The van der Waals surface area contributed by atoms with Crippen molar-refractivity contribution >= 4 is 0 Å². The Balaban J connectivity index is 3.51. The van der Waals surface area contributed by atoms with Crippen molar-refractivity contribution in [3.05, 3.63) is 0 Å². The summed E-state index contributed by atoms with van der Waals surface area (Å²) in [7, 11) is 0. The molecule has 3 N–H and O–H groups in total. The van der Waals surface area contributed by atoms with Crippen LogP contribution in [0.5, 0.6) is 0 Å². The normalized spacial score (nSPS) is 12.7. The van der Waals surface area contributed by atoms with E-state index in [9.17, 15) is 0 Å². The van der Waals surface area contributed by atoms with Gasteiger partial charge < -0.3 is 15.8 Å². The van der Waals surface area contributed by atoms with Crippen molar-refractivity contribution < 1.29 is 4.74 Å². The molecule has 0 saturated carbocycles. The highest BCUT2D eigenvalue weighted by Crippen LogP contribution is 2.17. The molecule has 0 rings (SSSR count). The quantitative estimate of drug-likeness (QED) is 0.397. The number of hydrogen-bond donors (Lipinski definition) is 2. The van der Waals surface area contributed by atoms with E-state index in [4.69, 9.17) is 10.5 Å². The zero-order chi connectivity index (χ0) is 15.6. The lowest BCUT2D eigenvalue weighted by atomic mass is 9.96. The maximum absolute atomic E-state index is 5.89. The van der Waals surface area contributed by atoms with Gasteiger partial charge in [0.25, 0.3) is 0 Å². The van der Waals surface area contributed by atoms with Gasteiger partial charge in [-0.05, 0) is 51.2 Å². The van der Waals surface area contributed by atoms with Crippen LogP contribution >= 0.6 is 0 Å². The lowest BCUT2D eigenvalue weighted by Gasteiger charge is -2.17. The molecule has 0 aromatic rings. The van der Waals surface area contributed by atoms with Gasteiger partial charge in [-0.15, -0.1) is 0 Å². The first kappa shape index (κ1) is 20.9. The number of nitrogens with one attached hydrogen (secondary N) is 1. The molecule has 0 radical (unpaired) electrons. The number of hydrogen-bond acceptors (Lipinski definition) is 3. The number of ether oxygens (including phenoxy) is 1. The monoisotopic (exact) mass is 300 g/mol. The number of nitrogens with two attached hydrogens (primary N) is 1. The molecule has 0 spiro atoms. The van der Waals surface area contributed by atoms with Crippen LogP contribution in [-0.2, 0) is 4.74 Å². The van der Waals surface area contributed by atoms with Crippen molar-refractivity contribution in [3.63, 3.8) is 0 Å². The predicted molar refractivity (Wildman–Crippen MR) is 93.8 cm³/mol. The fourth-order valence-corrected chi connectivity index (χ4v) is 2.56. The molecule has 128 valence electrons. The van der Waals surface area contributed by atoms with Gasteiger partial charge in [0.05, 0.1) is 0 Å². The second-order valence-corrected chi connectivity index (χ2v) is 6.18. The summed E-state index contributed by atoms with van der Waals surface area (Å²) >= 11 is 0. The summed E-state index contributed by atoms with van der Waals surface area (Å²) in [6.45, 7) is 9.28. The summed E-state index contributed by atoms with van der Waals surface area (Å²) in [6.07, 6.45) is 13.0. The van der Waals surface area contributed by atoms with Crippen LogP contribution in [0.25, 0.3) is 0 Å². The summed E-state index contributed by atoms with van der Waals surface area (Å²) in [5, 5.41) is 3.40. The number of rotatable bonds is 17. The van der Waals surface area contributed by atoms with E-state index in [0.717, 1.165) is 51.6 Å². The van der Waals surface area contributed by atoms with Crippen LogP contribution in [0.4, 0.5) is 0 Å². The Morgan fingerprint density at radius 2 is 1.57 bits per heavy atom. The molecule has 0 aromatic carbocycles. The molecule has 0 aliphatic rings. The summed E-state index contributed by atoms with van der Waals surface area (Å²) < 4.78 is 5.89. The molecule has 3 nitrogen and oxygen atoms in total. The van der Waals surface area contributed by atoms with Crippen LogP contribution < -0.4 is 11.1 Å². The van der Waals surface area contributed by atoms with E-state index in [1.165, 1.54) is 51.4 Å². The van der Waals surface area contributed by atoms with Crippen LogP contribution in [0.1, 0.15) is 78.1 Å². The molecule has 3 heteroatoms. The van der Waals surface area contributed by atoms with Gasteiger partial charge in [0, 0.05) is 13.2 Å². The maximum atomic E-state index is 5.89. The standard InChI is InChI=1S/C18H40N2O/c1-3-5-7-8-12-18(11-6-4-2)17-21-16-10-15-20-14-9-13-19/h18,20H,3-17,19H2,1-2H3. The van der Waals surface area contributed by atoms with Crippen LogP contribution in [0.2, 0.25) is 0 Å². The second kappa shape index (κ2) is 17.9. The van der Waals surface area contributed by atoms with Gasteiger partial charge in [0.1, 0.15) is 0 Å². The van der Waals surface area contributed by atoms with Crippen molar-refractivity contribution in [2.75, 3.05) is 32.8 Å². The Morgan fingerprint density at radius 1 is 0.857 bits per heavy atom. The van der Waals surface area contributed by atoms with E-state index >= 15 is 0 Å². The topological polar surface area (TPSA) is 47.3 Å². The molecular weight excluding hydrogens is 260 g/mol. The molecule has 1 unspecified atom stereocenters. The van der Waals surface area contributed by atoms with E-state index in [1.807, 2.05) is 0 Å². The summed E-state index contributed by atoms with van der Waals surface area (Å²) in [4.78, 5) is 0. The second-order valence-electron chi connectivity index (χ2n) is 6.18. The maximum Gasteiger partial charge on any atom is 0.0494 e. The smallest absolute Gasteiger partial charge is 0.0494 e. The summed E-state index contributed by atoms with van der Waals surface area (Å²) in [5.41, 5.74) is 5.46. The lowest BCUT2D eigenvalue weighted by Crippen LogP contribution is -2.21. The third-order valence-corrected chi connectivity index (χ3v) is 3.99. The zero-order valence-corrected chi connectivity index (χ0v) is 14.7. The Bertz CT molecular complexity index is 188. The summed E-state index contributed by atoms with van der Waals surface area (Å²) in [6, 6.07) is 0. The van der Waals surface area contributed by atoms with Crippen molar-refractivity contribution in [2.45, 2.75) is 78.1 Å². The van der Waals surface area contributed by atoms with E-state index < -0.39 is 0 Å². The Hall–Kier alpha value is -0.120. The Morgan fingerprint density at radius 3 is 2.29 bits per heavy atom. The van der Waals surface area contributed by atoms with Crippen LogP contribution in [-0.4, -0.2) is 32.8 Å². The van der Waals surface area contributed by atoms with E-state index in [2.05, 4.69) is 19.2 Å². The minimum atomic E-state index is 0.778. The van der Waals surface area contributed by atoms with Crippen molar-refractivity contribution in [2.24, 2.45) is 11.7 Å². The molecule has 0 amide bonds. The first-order valence-electron chi connectivity index (χ1n) is 9.33. The van der Waals surface area contributed by atoms with Crippen molar-refractivity contribution in [1.29, 1.82) is 0 Å². The van der Waals surface area contributed by atoms with Crippen molar-refractivity contribution in [3.8, 4) is 0 Å². The summed E-state index contributed by atoms with van der Waals surface area (Å²) in [5.74, 6) is 0.784. The lowest BCUT2D eigenvalue weighted by molar-refractivity contribution is 0.0894. The first-order valence-corrected chi connectivity index (χ1v) is 9.33. The van der Waals surface area contributed by atoms with Crippen LogP contribution in [0.15, 0.2) is 0 Å². The van der Waals surface area contributed by atoms with E-state index in [1.54, 1.807) is 0 Å². The fourth-order valence-electron chi connectivity index (χ4n) is 2.56. The van der Waals surface area contributed by atoms with E-state index in [0.29, 0.717) is 0 Å². The first-order chi connectivity index (χ1) is 10.3. The molecule has 0 saturated heterocycles. The Labute approximate surface area is 133 Å². The highest BCUT2D eigenvalue weighted by Gasteiger charge is 2.08. The van der Waals surface area contributed by atoms with Gasteiger partial charge in [-0.2, -0.15) is 0 Å². The molecule has 0 heterocycles.